The number of aromatic nitrogens is 2. The summed E-state index contributed by atoms with van der Waals surface area (Å²) in [6, 6.07) is 0. The molecule has 4 N–H and O–H groups in total. The van der Waals surface area contributed by atoms with E-state index in [4.69, 9.17) is 10.8 Å². The van der Waals surface area contributed by atoms with Crippen LogP contribution in [0, 0.1) is 0 Å². The molecule has 0 saturated carbocycles. The lowest BCUT2D eigenvalue weighted by Crippen LogP contribution is -2.46. The molecule has 6 heteroatoms. The van der Waals surface area contributed by atoms with E-state index < -0.39 is 5.54 Å². The van der Waals surface area contributed by atoms with Crippen molar-refractivity contribution in [3.8, 4) is 0 Å². The number of aryl methyl sites for hydroxylation is 1. The summed E-state index contributed by atoms with van der Waals surface area (Å²) >= 11 is 0. The highest BCUT2D eigenvalue weighted by molar-refractivity contribution is 5.97. The number of amides is 1. The Hall–Kier alpha value is -1.56. The first kappa shape index (κ1) is 14.5. The first-order valence-electron chi connectivity index (χ1n) is 6.22. The number of anilines is 1. The lowest BCUT2D eigenvalue weighted by atomic mass is 9.94. The predicted molar refractivity (Wildman–Crippen MR) is 70.2 cm³/mol. The van der Waals surface area contributed by atoms with Crippen molar-refractivity contribution in [1.82, 2.24) is 15.1 Å². The number of aliphatic hydroxyl groups excluding tert-OH is 1. The van der Waals surface area contributed by atoms with Crippen molar-refractivity contribution in [2.75, 3.05) is 12.3 Å². The van der Waals surface area contributed by atoms with Gasteiger partial charge in [-0.2, -0.15) is 5.10 Å². The fourth-order valence-electron chi connectivity index (χ4n) is 1.68. The number of rotatable bonds is 6. The molecule has 1 aromatic rings. The van der Waals surface area contributed by atoms with Gasteiger partial charge in [0.25, 0.3) is 5.91 Å². The zero-order chi connectivity index (χ0) is 13.8. The van der Waals surface area contributed by atoms with Gasteiger partial charge in [-0.25, -0.2) is 0 Å². The monoisotopic (exact) mass is 254 g/mol. The maximum atomic E-state index is 12.1. The fourth-order valence-corrected chi connectivity index (χ4v) is 1.68. The summed E-state index contributed by atoms with van der Waals surface area (Å²) in [5.41, 5.74) is 5.94. The molecule has 0 aliphatic heterocycles. The van der Waals surface area contributed by atoms with Gasteiger partial charge in [-0.3, -0.25) is 9.48 Å². The van der Waals surface area contributed by atoms with Gasteiger partial charge in [0.2, 0.25) is 0 Å². The zero-order valence-corrected chi connectivity index (χ0v) is 11.2. The van der Waals surface area contributed by atoms with E-state index in [1.165, 1.54) is 0 Å². The molecule has 0 fully saturated rings. The lowest BCUT2D eigenvalue weighted by molar-refractivity contribution is 0.0881. The minimum Gasteiger partial charge on any atom is -0.396 e. The summed E-state index contributed by atoms with van der Waals surface area (Å²) in [6.07, 6.45) is 2.88. The molecule has 0 radical (unpaired) electrons. The lowest BCUT2D eigenvalue weighted by Gasteiger charge is -2.28. The van der Waals surface area contributed by atoms with Crippen LogP contribution in [-0.2, 0) is 6.54 Å². The number of nitrogen functional groups attached to an aromatic ring is 1. The van der Waals surface area contributed by atoms with Gasteiger partial charge < -0.3 is 16.2 Å². The number of aliphatic hydroxyl groups is 1. The average Bonchev–Trinajstić information content (AvgIpc) is 2.71. The van der Waals surface area contributed by atoms with E-state index in [1.807, 2.05) is 20.8 Å². The topological polar surface area (TPSA) is 93.2 Å². The second kappa shape index (κ2) is 5.86. The maximum absolute atomic E-state index is 12.1. The highest BCUT2D eigenvalue weighted by Crippen LogP contribution is 2.16. The summed E-state index contributed by atoms with van der Waals surface area (Å²) in [4.78, 5) is 12.1. The van der Waals surface area contributed by atoms with Crippen molar-refractivity contribution in [1.29, 1.82) is 0 Å². The molecule has 0 aliphatic rings. The number of hydrogen-bond acceptors (Lipinski definition) is 4. The van der Waals surface area contributed by atoms with Gasteiger partial charge in [0.1, 0.15) is 0 Å². The predicted octanol–water partition coefficient (Wildman–Crippen LogP) is 0.766. The van der Waals surface area contributed by atoms with Crippen molar-refractivity contribution in [2.24, 2.45) is 0 Å². The molecule has 1 rings (SSSR count). The van der Waals surface area contributed by atoms with Gasteiger partial charge >= 0.3 is 0 Å². The summed E-state index contributed by atoms with van der Waals surface area (Å²) < 4.78 is 1.62. The van der Waals surface area contributed by atoms with Crippen molar-refractivity contribution < 1.29 is 9.90 Å². The molecule has 0 spiro atoms. The van der Waals surface area contributed by atoms with Crippen LogP contribution in [-0.4, -0.2) is 32.9 Å². The molecule has 18 heavy (non-hydrogen) atoms. The van der Waals surface area contributed by atoms with Crippen molar-refractivity contribution in [3.05, 3.63) is 11.9 Å². The Labute approximate surface area is 107 Å². The van der Waals surface area contributed by atoms with Crippen LogP contribution in [0.3, 0.4) is 0 Å². The zero-order valence-electron chi connectivity index (χ0n) is 11.2. The number of nitrogens with one attached hydrogen (secondary N) is 1. The smallest absolute Gasteiger partial charge is 0.274 e. The van der Waals surface area contributed by atoms with E-state index >= 15 is 0 Å². The molecule has 1 unspecified atom stereocenters. The van der Waals surface area contributed by atoms with Crippen molar-refractivity contribution in [2.45, 2.75) is 45.7 Å². The van der Waals surface area contributed by atoms with Crippen LogP contribution >= 0.6 is 0 Å². The SMILES string of the molecule is CCn1cc(N)c(C(=O)NC(C)(CC)CCO)n1. The van der Waals surface area contributed by atoms with Crippen LogP contribution in [0.15, 0.2) is 6.20 Å². The van der Waals surface area contributed by atoms with Gasteiger partial charge in [-0.05, 0) is 26.7 Å². The second-order valence-corrected chi connectivity index (χ2v) is 4.63. The molecule has 0 bridgehead atoms. The van der Waals surface area contributed by atoms with Crippen LogP contribution in [0.25, 0.3) is 0 Å². The molecule has 0 aromatic carbocycles. The molecule has 1 heterocycles. The minimum atomic E-state index is -0.436. The molecule has 1 atom stereocenters. The highest BCUT2D eigenvalue weighted by atomic mass is 16.3. The largest absolute Gasteiger partial charge is 0.396 e. The van der Waals surface area contributed by atoms with Crippen LogP contribution < -0.4 is 11.1 Å². The van der Waals surface area contributed by atoms with E-state index in [-0.39, 0.29) is 18.2 Å². The van der Waals surface area contributed by atoms with E-state index in [2.05, 4.69) is 10.4 Å². The normalized spacial score (nSPS) is 14.2. The average molecular weight is 254 g/mol. The molecule has 1 aromatic heterocycles. The van der Waals surface area contributed by atoms with Gasteiger partial charge in [0, 0.05) is 24.9 Å². The summed E-state index contributed by atoms with van der Waals surface area (Å²) in [7, 11) is 0. The molecule has 0 aliphatic carbocycles. The summed E-state index contributed by atoms with van der Waals surface area (Å²) in [5, 5.41) is 16.0. The second-order valence-electron chi connectivity index (χ2n) is 4.63. The van der Waals surface area contributed by atoms with Crippen molar-refractivity contribution in [3.63, 3.8) is 0 Å². The van der Waals surface area contributed by atoms with Crippen molar-refractivity contribution >= 4 is 11.6 Å². The third-order valence-electron chi connectivity index (χ3n) is 3.19. The summed E-state index contributed by atoms with van der Waals surface area (Å²) in [6.45, 7) is 6.48. The fraction of sp³-hybridized carbons (Fsp3) is 0.667. The molecule has 1 amide bonds. The van der Waals surface area contributed by atoms with Crippen LogP contribution in [0.5, 0.6) is 0 Å². The van der Waals surface area contributed by atoms with Crippen LogP contribution in [0.4, 0.5) is 5.69 Å². The van der Waals surface area contributed by atoms with E-state index in [9.17, 15) is 4.79 Å². The Balaban J connectivity index is 2.83. The summed E-state index contributed by atoms with van der Waals surface area (Å²) in [5.74, 6) is -0.294. The first-order chi connectivity index (χ1) is 8.45. The number of nitrogens with two attached hydrogens (primary N) is 1. The number of carbonyl (C=O) groups excluding carboxylic acids is 1. The molecular formula is C12H22N4O2. The van der Waals surface area contributed by atoms with Crippen LogP contribution in [0.2, 0.25) is 0 Å². The molecular weight excluding hydrogens is 232 g/mol. The highest BCUT2D eigenvalue weighted by Gasteiger charge is 2.26. The van der Waals surface area contributed by atoms with Crippen LogP contribution in [0.1, 0.15) is 44.1 Å². The quantitative estimate of drug-likeness (QED) is 0.699. The number of hydrogen-bond donors (Lipinski definition) is 3. The van der Waals surface area contributed by atoms with Gasteiger partial charge in [-0.15, -0.1) is 0 Å². The van der Waals surface area contributed by atoms with Gasteiger partial charge in [-0.1, -0.05) is 6.92 Å². The number of carbonyl (C=O) groups is 1. The minimum absolute atomic E-state index is 0.0313. The van der Waals surface area contributed by atoms with E-state index in [0.717, 1.165) is 6.42 Å². The third kappa shape index (κ3) is 3.22. The Kier molecular flexibility index (Phi) is 4.72. The Morgan fingerprint density at radius 2 is 2.28 bits per heavy atom. The maximum Gasteiger partial charge on any atom is 0.274 e. The van der Waals surface area contributed by atoms with E-state index in [0.29, 0.717) is 18.7 Å². The molecule has 0 saturated heterocycles. The molecule has 102 valence electrons. The van der Waals surface area contributed by atoms with E-state index in [1.54, 1.807) is 10.9 Å². The standard InChI is InChI=1S/C12H22N4O2/c1-4-12(3,6-7-17)14-11(18)10-9(13)8-16(5-2)15-10/h8,17H,4-7,13H2,1-3H3,(H,14,18). The Bertz CT molecular complexity index is 416. The van der Waals surface area contributed by atoms with Gasteiger partial charge in [0.05, 0.1) is 5.69 Å². The Morgan fingerprint density at radius 1 is 1.61 bits per heavy atom. The number of nitrogens with zero attached hydrogens (tertiary/aromatic N) is 2. The molecule has 6 nitrogen and oxygen atoms in total. The first-order valence-corrected chi connectivity index (χ1v) is 6.22. The Morgan fingerprint density at radius 3 is 2.72 bits per heavy atom. The van der Waals surface area contributed by atoms with Gasteiger partial charge in [0.15, 0.2) is 5.69 Å². The third-order valence-corrected chi connectivity index (χ3v) is 3.19.